The van der Waals surface area contributed by atoms with Crippen molar-refractivity contribution in [2.24, 2.45) is 0 Å². The van der Waals surface area contributed by atoms with E-state index >= 15 is 0 Å². The Kier molecular flexibility index (Phi) is 6.50. The summed E-state index contributed by atoms with van der Waals surface area (Å²) in [5, 5.41) is 21.2. The minimum absolute atomic E-state index is 0.174. The number of rotatable bonds is 7. The summed E-state index contributed by atoms with van der Waals surface area (Å²) in [6.45, 7) is 1.12. The zero-order valence-electron chi connectivity index (χ0n) is 21.3. The van der Waals surface area contributed by atoms with E-state index in [0.29, 0.717) is 35.8 Å². The maximum absolute atomic E-state index is 12.6. The number of ether oxygens (including phenoxy) is 2. The fourth-order valence-electron chi connectivity index (χ4n) is 4.45. The first-order valence-corrected chi connectivity index (χ1v) is 12.7. The number of benzene rings is 3. The number of phenolic OH excluding ortho intramolecular Hbond substituents is 1. The standard InChI is InChI=1S/C29H26BN5O4/c30-21-16-33-35-27(13-22(34-28(21)35)20-5-1-2-6-23(20)36)31-14-18-9-11-19(12-10-18)15-32-29(37)26-17-38-24-7-3-4-8-25(24)39-26/h1-13,16,26,31,36H,14-15,17,30H2,(H,32,37). The molecule has 10 heteroatoms. The van der Waals surface area contributed by atoms with Gasteiger partial charge in [0.2, 0.25) is 6.10 Å². The van der Waals surface area contributed by atoms with Crippen LogP contribution in [0.4, 0.5) is 5.82 Å². The number of nitrogens with one attached hydrogen (secondary N) is 2. The molecule has 0 radical (unpaired) electrons. The summed E-state index contributed by atoms with van der Waals surface area (Å²) in [5.41, 5.74) is 5.01. The number of hydrogen-bond donors (Lipinski definition) is 3. The largest absolute Gasteiger partial charge is 0.507 e. The summed E-state index contributed by atoms with van der Waals surface area (Å²) in [6, 6.07) is 24.4. The minimum Gasteiger partial charge on any atom is -0.507 e. The summed E-state index contributed by atoms with van der Waals surface area (Å²) in [4.78, 5) is 17.3. The molecule has 5 aromatic rings. The normalized spacial score (nSPS) is 14.2. The van der Waals surface area contributed by atoms with E-state index in [1.165, 1.54) is 0 Å². The molecule has 1 aliphatic heterocycles. The van der Waals surface area contributed by atoms with Crippen LogP contribution in [0.25, 0.3) is 16.9 Å². The second-order valence-electron chi connectivity index (χ2n) is 9.36. The molecule has 1 amide bonds. The predicted octanol–water partition coefficient (Wildman–Crippen LogP) is 2.43. The van der Waals surface area contributed by atoms with E-state index in [0.717, 1.165) is 28.1 Å². The van der Waals surface area contributed by atoms with Gasteiger partial charge in [-0.15, -0.1) is 0 Å². The fraction of sp³-hybridized carbons (Fsp3) is 0.138. The molecule has 194 valence electrons. The third-order valence-electron chi connectivity index (χ3n) is 6.59. The number of amides is 1. The summed E-state index contributed by atoms with van der Waals surface area (Å²) >= 11 is 0. The lowest BCUT2D eigenvalue weighted by molar-refractivity contribution is -0.130. The van der Waals surface area contributed by atoms with Crippen LogP contribution in [0.5, 0.6) is 17.2 Å². The zero-order chi connectivity index (χ0) is 26.8. The number of nitrogens with zero attached hydrogens (tertiary/aromatic N) is 3. The van der Waals surface area contributed by atoms with Gasteiger partial charge in [-0.05, 0) is 40.9 Å². The van der Waals surface area contributed by atoms with Crippen LogP contribution in [0, 0.1) is 0 Å². The van der Waals surface area contributed by atoms with Crippen molar-refractivity contribution in [3.8, 4) is 28.5 Å². The maximum Gasteiger partial charge on any atom is 0.264 e. The first kappa shape index (κ1) is 24.4. The van der Waals surface area contributed by atoms with Crippen molar-refractivity contribution >= 4 is 30.7 Å². The molecule has 6 rings (SSSR count). The number of anilines is 1. The van der Waals surface area contributed by atoms with E-state index in [1.807, 2.05) is 68.5 Å². The van der Waals surface area contributed by atoms with E-state index in [-0.39, 0.29) is 18.3 Å². The van der Waals surface area contributed by atoms with Crippen LogP contribution >= 0.6 is 0 Å². The minimum atomic E-state index is -0.686. The van der Waals surface area contributed by atoms with Gasteiger partial charge in [-0.25, -0.2) is 4.98 Å². The van der Waals surface area contributed by atoms with Gasteiger partial charge in [-0.2, -0.15) is 9.61 Å². The van der Waals surface area contributed by atoms with Crippen LogP contribution in [0.2, 0.25) is 0 Å². The van der Waals surface area contributed by atoms with Crippen molar-refractivity contribution in [1.82, 2.24) is 19.9 Å². The molecule has 3 heterocycles. The molecule has 0 saturated heterocycles. The number of para-hydroxylation sites is 3. The lowest BCUT2D eigenvalue weighted by atomic mass is 10.0. The zero-order valence-corrected chi connectivity index (χ0v) is 21.3. The van der Waals surface area contributed by atoms with Crippen molar-refractivity contribution in [1.29, 1.82) is 0 Å². The maximum atomic E-state index is 12.6. The predicted molar refractivity (Wildman–Crippen MR) is 150 cm³/mol. The Balaban J connectivity index is 1.10. The van der Waals surface area contributed by atoms with E-state index in [4.69, 9.17) is 14.5 Å². The van der Waals surface area contributed by atoms with E-state index < -0.39 is 6.10 Å². The molecule has 3 aromatic carbocycles. The quantitative estimate of drug-likeness (QED) is 0.284. The Morgan fingerprint density at radius 1 is 1.00 bits per heavy atom. The van der Waals surface area contributed by atoms with Crippen molar-refractivity contribution in [3.05, 3.63) is 96.2 Å². The van der Waals surface area contributed by atoms with E-state index in [1.54, 1.807) is 28.9 Å². The third kappa shape index (κ3) is 5.09. The van der Waals surface area contributed by atoms with Crippen LogP contribution in [0.1, 0.15) is 11.1 Å². The van der Waals surface area contributed by atoms with Gasteiger partial charge in [0.1, 0.15) is 26.0 Å². The highest BCUT2D eigenvalue weighted by atomic mass is 16.6. The fourth-order valence-corrected chi connectivity index (χ4v) is 4.45. The van der Waals surface area contributed by atoms with Gasteiger partial charge in [0.15, 0.2) is 17.1 Å². The topological polar surface area (TPSA) is 110 Å². The van der Waals surface area contributed by atoms with Crippen LogP contribution in [0.15, 0.2) is 85.1 Å². The number of phenols is 1. The lowest BCUT2D eigenvalue weighted by Gasteiger charge is -2.25. The Labute approximate surface area is 225 Å². The highest BCUT2D eigenvalue weighted by molar-refractivity contribution is 6.36. The second-order valence-corrected chi connectivity index (χ2v) is 9.36. The number of aromatic nitrogens is 3. The molecule has 0 saturated carbocycles. The van der Waals surface area contributed by atoms with Gasteiger partial charge in [0.05, 0.1) is 5.69 Å². The van der Waals surface area contributed by atoms with Gasteiger partial charge in [-0.1, -0.05) is 48.5 Å². The molecule has 9 nitrogen and oxygen atoms in total. The van der Waals surface area contributed by atoms with Crippen LogP contribution in [-0.2, 0) is 17.9 Å². The summed E-state index contributed by atoms with van der Waals surface area (Å²) in [7, 11) is 1.96. The highest BCUT2D eigenvalue weighted by Gasteiger charge is 2.27. The molecule has 39 heavy (non-hydrogen) atoms. The van der Waals surface area contributed by atoms with Gasteiger partial charge in [-0.3, -0.25) is 4.79 Å². The lowest BCUT2D eigenvalue weighted by Crippen LogP contribution is -2.43. The first-order valence-electron chi connectivity index (χ1n) is 12.7. The van der Waals surface area contributed by atoms with Gasteiger partial charge in [0, 0.05) is 30.9 Å². The third-order valence-corrected chi connectivity index (χ3v) is 6.59. The molecular formula is C29H26BN5O4. The Morgan fingerprint density at radius 3 is 2.51 bits per heavy atom. The Bertz CT molecular complexity index is 1650. The number of carbonyl (C=O) groups is 1. The number of aromatic hydroxyl groups is 1. The molecular weight excluding hydrogens is 493 g/mol. The Hall–Kier alpha value is -4.99. The molecule has 1 unspecified atom stereocenters. The molecule has 0 bridgehead atoms. The van der Waals surface area contributed by atoms with Crippen molar-refractivity contribution in [3.63, 3.8) is 0 Å². The smallest absolute Gasteiger partial charge is 0.264 e. The molecule has 1 atom stereocenters. The van der Waals surface area contributed by atoms with Crippen molar-refractivity contribution in [2.45, 2.75) is 19.2 Å². The van der Waals surface area contributed by atoms with Crippen molar-refractivity contribution < 1.29 is 19.4 Å². The molecule has 3 N–H and O–H groups in total. The first-order chi connectivity index (χ1) is 19.0. The average Bonchev–Trinajstić information content (AvgIpc) is 3.35. The van der Waals surface area contributed by atoms with Gasteiger partial charge >= 0.3 is 0 Å². The van der Waals surface area contributed by atoms with Gasteiger partial charge < -0.3 is 25.2 Å². The van der Waals surface area contributed by atoms with Gasteiger partial charge in [0.25, 0.3) is 5.91 Å². The summed E-state index contributed by atoms with van der Waals surface area (Å²) in [5.74, 6) is 1.94. The molecule has 1 aliphatic rings. The van der Waals surface area contributed by atoms with Crippen LogP contribution < -0.4 is 25.6 Å². The monoisotopic (exact) mass is 519 g/mol. The average molecular weight is 519 g/mol. The second kappa shape index (κ2) is 10.4. The van der Waals surface area contributed by atoms with E-state index in [2.05, 4.69) is 15.7 Å². The number of hydrogen-bond acceptors (Lipinski definition) is 7. The molecule has 0 spiro atoms. The van der Waals surface area contributed by atoms with E-state index in [9.17, 15) is 9.90 Å². The molecule has 0 aliphatic carbocycles. The Morgan fingerprint density at radius 2 is 1.72 bits per heavy atom. The van der Waals surface area contributed by atoms with Crippen molar-refractivity contribution in [2.75, 3.05) is 11.9 Å². The number of fused-ring (bicyclic) bond motifs is 2. The summed E-state index contributed by atoms with van der Waals surface area (Å²) in [6.07, 6.45) is 1.09. The molecule has 0 fully saturated rings. The highest BCUT2D eigenvalue weighted by Crippen LogP contribution is 2.31. The SMILES string of the molecule is Bc1cnn2c(NCc3ccc(CNC(=O)C4COc5ccccc5O4)cc3)cc(-c3ccccc3O)nc12. The molecule has 2 aromatic heterocycles. The summed E-state index contributed by atoms with van der Waals surface area (Å²) < 4.78 is 13.2. The van der Waals surface area contributed by atoms with Crippen LogP contribution in [-0.4, -0.2) is 46.2 Å². The van der Waals surface area contributed by atoms with Crippen LogP contribution in [0.3, 0.4) is 0 Å². The number of carbonyl (C=O) groups excluding carboxylic acids is 1.